The van der Waals surface area contributed by atoms with Crippen LogP contribution in [0.5, 0.6) is 0 Å². The van der Waals surface area contributed by atoms with Gasteiger partial charge in [0.15, 0.2) is 0 Å². The topological polar surface area (TPSA) is 71.0 Å². The minimum absolute atomic E-state index is 0. The van der Waals surface area contributed by atoms with E-state index in [4.69, 9.17) is 4.84 Å². The van der Waals surface area contributed by atoms with E-state index < -0.39 is 10.2 Å². The summed E-state index contributed by atoms with van der Waals surface area (Å²) in [4.78, 5) is 5.43. The number of benzene rings is 2. The van der Waals surface area contributed by atoms with Crippen LogP contribution >= 0.6 is 0 Å². The summed E-state index contributed by atoms with van der Waals surface area (Å²) in [6, 6.07) is 16.6. The van der Waals surface area contributed by atoms with E-state index in [0.717, 1.165) is 35.6 Å². The molecule has 1 aliphatic heterocycles. The molecule has 1 saturated heterocycles. The second-order valence-electron chi connectivity index (χ2n) is 11.6. The Bertz CT molecular complexity index is 1100. The lowest BCUT2D eigenvalue weighted by atomic mass is 9.84. The first kappa shape index (κ1) is 44.0. The molecule has 1 fully saturated rings. The largest absolute Gasteiger partial charge is 0.393 e. The monoisotopic (exact) mass is 605 g/mol. The molecule has 1 aliphatic carbocycles. The van der Waals surface area contributed by atoms with E-state index in [1.807, 2.05) is 39.8 Å². The summed E-state index contributed by atoms with van der Waals surface area (Å²) in [6.07, 6.45) is 2.07. The third-order valence-corrected chi connectivity index (χ3v) is 8.35. The van der Waals surface area contributed by atoms with Crippen LogP contribution in [0.3, 0.4) is 0 Å². The Morgan fingerprint density at radius 2 is 1.14 bits per heavy atom. The third-order valence-electron chi connectivity index (χ3n) is 6.53. The van der Waals surface area contributed by atoms with Crippen molar-refractivity contribution in [1.82, 2.24) is 9.03 Å². The maximum absolute atomic E-state index is 11.5. The van der Waals surface area contributed by atoms with Crippen LogP contribution < -0.4 is 4.72 Å². The fourth-order valence-corrected chi connectivity index (χ4v) is 5.04. The van der Waals surface area contributed by atoms with Crippen LogP contribution in [0.1, 0.15) is 109 Å². The van der Waals surface area contributed by atoms with Gasteiger partial charge in [0, 0.05) is 30.3 Å². The number of nitrogens with one attached hydrogen (secondary N) is 1. The smallest absolute Gasteiger partial charge is 0.279 e. The summed E-state index contributed by atoms with van der Waals surface area (Å²) in [7, 11) is -3.18. The van der Waals surface area contributed by atoms with Crippen LogP contribution in [-0.4, -0.2) is 43.7 Å². The fraction of sp³-hybridized carbons (Fsp3) is 0.571. The molecule has 1 heterocycles. The van der Waals surface area contributed by atoms with E-state index in [1.54, 1.807) is 0 Å². The van der Waals surface area contributed by atoms with Gasteiger partial charge in [0.1, 0.15) is 11.8 Å². The highest BCUT2D eigenvalue weighted by atomic mass is 32.2. The molecule has 0 bridgehead atoms. The molecule has 2 aromatic carbocycles. The number of oxime groups is 1. The van der Waals surface area contributed by atoms with Crippen LogP contribution in [0.4, 0.5) is 0 Å². The van der Waals surface area contributed by atoms with Crippen LogP contribution in [0.2, 0.25) is 0 Å². The SMILES string of the molecule is C.C.C.C=C.CC(C)C(C)(C)C.CC(C)NS(=O)(=O)N1CCCC1.CC(C)ON=C1c2ccccc2-c2ccccc21. The van der Waals surface area contributed by atoms with Crippen LogP contribution in [-0.2, 0) is 15.0 Å². The van der Waals surface area contributed by atoms with Gasteiger partial charge in [0.2, 0.25) is 0 Å². The minimum Gasteiger partial charge on any atom is -0.393 e. The summed E-state index contributed by atoms with van der Waals surface area (Å²) in [5, 5.41) is 4.32. The van der Waals surface area contributed by atoms with Crippen molar-refractivity contribution in [3.63, 3.8) is 0 Å². The molecule has 6 nitrogen and oxygen atoms in total. The van der Waals surface area contributed by atoms with E-state index in [2.05, 4.69) is 94.1 Å². The second-order valence-corrected chi connectivity index (χ2v) is 13.3. The summed E-state index contributed by atoms with van der Waals surface area (Å²) in [6.45, 7) is 26.2. The van der Waals surface area contributed by atoms with Crippen molar-refractivity contribution in [2.24, 2.45) is 16.5 Å². The molecule has 1 N–H and O–H groups in total. The number of rotatable bonds is 5. The number of hydrogen-bond acceptors (Lipinski definition) is 4. The van der Waals surface area contributed by atoms with Crippen LogP contribution in [0.15, 0.2) is 66.8 Å². The molecule has 0 saturated carbocycles. The number of nitrogens with zero attached hydrogens (tertiary/aromatic N) is 2. The van der Waals surface area contributed by atoms with E-state index in [9.17, 15) is 8.42 Å². The molecule has 0 aromatic heterocycles. The minimum atomic E-state index is -3.18. The Kier molecular flexibility index (Phi) is 21.4. The van der Waals surface area contributed by atoms with Gasteiger partial charge >= 0.3 is 0 Å². The normalized spacial score (nSPS) is 13.4. The maximum Gasteiger partial charge on any atom is 0.279 e. The van der Waals surface area contributed by atoms with Gasteiger partial charge in [-0.3, -0.25) is 0 Å². The lowest BCUT2D eigenvalue weighted by Gasteiger charge is -2.22. The van der Waals surface area contributed by atoms with E-state index in [1.165, 1.54) is 15.4 Å². The van der Waals surface area contributed by atoms with Crippen LogP contribution in [0, 0.1) is 11.3 Å². The molecule has 42 heavy (non-hydrogen) atoms. The highest BCUT2D eigenvalue weighted by molar-refractivity contribution is 7.87. The molecule has 4 rings (SSSR count). The Morgan fingerprint density at radius 1 is 0.786 bits per heavy atom. The molecule has 2 aliphatic rings. The lowest BCUT2D eigenvalue weighted by Crippen LogP contribution is -2.41. The van der Waals surface area contributed by atoms with Gasteiger partial charge in [-0.05, 0) is 63.0 Å². The molecular formula is C35H63N3O3S. The zero-order chi connectivity index (χ0) is 29.8. The quantitative estimate of drug-likeness (QED) is 0.232. The highest BCUT2D eigenvalue weighted by Crippen LogP contribution is 2.36. The zero-order valence-electron chi connectivity index (χ0n) is 25.6. The average molecular weight is 606 g/mol. The van der Waals surface area contributed by atoms with Gasteiger partial charge in [0.25, 0.3) is 10.2 Å². The van der Waals surface area contributed by atoms with Gasteiger partial charge in [-0.15, -0.1) is 13.2 Å². The Hall–Kier alpha value is -2.48. The fourth-order valence-electron chi connectivity index (χ4n) is 3.55. The Morgan fingerprint density at radius 3 is 1.45 bits per heavy atom. The Balaban J connectivity index is -0.000000558. The van der Waals surface area contributed by atoms with Gasteiger partial charge < -0.3 is 4.84 Å². The van der Waals surface area contributed by atoms with E-state index in [0.29, 0.717) is 18.5 Å². The summed E-state index contributed by atoms with van der Waals surface area (Å²) in [5.74, 6) is 0.799. The van der Waals surface area contributed by atoms with Gasteiger partial charge in [-0.25, -0.2) is 0 Å². The van der Waals surface area contributed by atoms with Crippen molar-refractivity contribution in [3.05, 3.63) is 72.8 Å². The molecule has 0 radical (unpaired) electrons. The average Bonchev–Trinajstić information content (AvgIpc) is 3.51. The molecule has 0 unspecified atom stereocenters. The second kappa shape index (κ2) is 20.4. The summed E-state index contributed by atoms with van der Waals surface area (Å²) >= 11 is 0. The van der Waals surface area contributed by atoms with Gasteiger partial charge in [-0.2, -0.15) is 17.4 Å². The first-order valence-corrected chi connectivity index (χ1v) is 15.4. The standard InChI is InChI=1S/C16H15NO.C7H16N2O2S.C7H16.C2H4.3CH4/c1-11(2)18-17-16-14-9-5-3-7-12(14)13-8-4-6-10-15(13)16;1-7(2)8-12(10,11)9-5-3-4-6-9;1-6(2)7(3,4)5;1-2;;;/h3-11H,1-2H3;7-8H,3-6H2,1-2H3;6H,1-5H3;1-2H2;3*1H4. The Labute approximate surface area is 260 Å². The van der Waals surface area contributed by atoms with E-state index in [-0.39, 0.29) is 34.4 Å². The number of fused-ring (bicyclic) bond motifs is 3. The van der Waals surface area contributed by atoms with Crippen molar-refractivity contribution in [2.75, 3.05) is 13.1 Å². The molecule has 2 aromatic rings. The molecule has 0 amide bonds. The first-order chi connectivity index (χ1) is 18.2. The predicted molar refractivity (Wildman–Crippen MR) is 187 cm³/mol. The molecule has 0 spiro atoms. The van der Waals surface area contributed by atoms with Crippen molar-refractivity contribution in [2.45, 2.75) is 110 Å². The molecule has 7 heteroatoms. The molecular weight excluding hydrogens is 542 g/mol. The van der Waals surface area contributed by atoms with Crippen molar-refractivity contribution in [1.29, 1.82) is 0 Å². The van der Waals surface area contributed by atoms with Crippen molar-refractivity contribution in [3.8, 4) is 11.1 Å². The maximum atomic E-state index is 11.5. The third kappa shape index (κ3) is 13.7. The number of hydrogen-bond donors (Lipinski definition) is 1. The first-order valence-electron chi connectivity index (χ1n) is 13.9. The predicted octanol–water partition coefficient (Wildman–Crippen LogP) is 9.57. The summed E-state index contributed by atoms with van der Waals surface area (Å²) < 4.78 is 27.0. The lowest BCUT2D eigenvalue weighted by molar-refractivity contribution is 0.0863. The molecule has 0 atom stereocenters. The van der Waals surface area contributed by atoms with Gasteiger partial charge in [-0.1, -0.05) is 111 Å². The van der Waals surface area contributed by atoms with Gasteiger partial charge in [0.05, 0.1) is 0 Å². The van der Waals surface area contributed by atoms with E-state index >= 15 is 0 Å². The highest BCUT2D eigenvalue weighted by Gasteiger charge is 2.26. The van der Waals surface area contributed by atoms with Crippen molar-refractivity contribution >= 4 is 15.9 Å². The van der Waals surface area contributed by atoms with Crippen LogP contribution in [0.25, 0.3) is 11.1 Å². The molecule has 242 valence electrons. The summed E-state index contributed by atoms with van der Waals surface area (Å²) in [5.41, 5.74) is 6.21. The van der Waals surface area contributed by atoms with Crippen molar-refractivity contribution < 1.29 is 13.3 Å². The zero-order valence-corrected chi connectivity index (χ0v) is 26.4.